The SMILES string of the molecule is Cc1nc(N(C[C@@H]2CCCO2)C[C@@H]2CCCO2)c2c3c(sc2n1)CCC3. The van der Waals surface area contributed by atoms with Gasteiger partial charge in [0.05, 0.1) is 17.6 Å². The molecule has 0 spiro atoms. The Labute approximate surface area is 158 Å². The molecule has 2 fully saturated rings. The van der Waals surface area contributed by atoms with E-state index >= 15 is 0 Å². The van der Waals surface area contributed by atoms with Gasteiger partial charge in [-0.25, -0.2) is 9.97 Å². The van der Waals surface area contributed by atoms with E-state index in [0.717, 1.165) is 50.8 Å². The summed E-state index contributed by atoms with van der Waals surface area (Å²) in [5.41, 5.74) is 1.50. The van der Waals surface area contributed by atoms with E-state index in [1.807, 2.05) is 18.3 Å². The number of aryl methyl sites for hydroxylation is 3. The summed E-state index contributed by atoms with van der Waals surface area (Å²) < 4.78 is 11.9. The zero-order valence-electron chi connectivity index (χ0n) is 15.5. The number of rotatable bonds is 5. The number of anilines is 1. The van der Waals surface area contributed by atoms with Crippen molar-refractivity contribution in [3.8, 4) is 0 Å². The lowest BCUT2D eigenvalue weighted by atomic mass is 10.1. The number of ether oxygens (including phenoxy) is 2. The third kappa shape index (κ3) is 3.12. The van der Waals surface area contributed by atoms with Gasteiger partial charge in [0.2, 0.25) is 0 Å². The second kappa shape index (κ2) is 7.06. The molecule has 0 bridgehead atoms. The summed E-state index contributed by atoms with van der Waals surface area (Å²) in [5, 5.41) is 1.31. The molecule has 6 heteroatoms. The van der Waals surface area contributed by atoms with Crippen LogP contribution in [0, 0.1) is 6.92 Å². The summed E-state index contributed by atoms with van der Waals surface area (Å²) in [7, 11) is 0. The van der Waals surface area contributed by atoms with Crippen molar-refractivity contribution in [2.45, 2.75) is 64.1 Å². The number of hydrogen-bond acceptors (Lipinski definition) is 6. The molecule has 1 aliphatic carbocycles. The molecule has 4 heterocycles. The molecule has 0 amide bonds. The van der Waals surface area contributed by atoms with Gasteiger partial charge < -0.3 is 14.4 Å². The fourth-order valence-electron chi connectivity index (χ4n) is 4.62. The molecule has 5 nitrogen and oxygen atoms in total. The van der Waals surface area contributed by atoms with Gasteiger partial charge in [0.25, 0.3) is 0 Å². The Morgan fingerprint density at radius 3 is 2.38 bits per heavy atom. The maximum Gasteiger partial charge on any atom is 0.141 e. The number of nitrogens with zero attached hydrogens (tertiary/aromatic N) is 3. The average molecular weight is 374 g/mol. The summed E-state index contributed by atoms with van der Waals surface area (Å²) in [5.74, 6) is 2.00. The summed E-state index contributed by atoms with van der Waals surface area (Å²) in [6.45, 7) is 5.63. The predicted molar refractivity (Wildman–Crippen MR) is 104 cm³/mol. The van der Waals surface area contributed by atoms with Gasteiger partial charge in [0.15, 0.2) is 0 Å². The van der Waals surface area contributed by atoms with Crippen LogP contribution in [0.15, 0.2) is 0 Å². The lowest BCUT2D eigenvalue weighted by Crippen LogP contribution is -2.38. The lowest BCUT2D eigenvalue weighted by molar-refractivity contribution is 0.0997. The number of hydrogen-bond donors (Lipinski definition) is 0. The van der Waals surface area contributed by atoms with Crippen LogP contribution in [-0.2, 0) is 22.3 Å². The highest BCUT2D eigenvalue weighted by Crippen LogP contribution is 2.41. The van der Waals surface area contributed by atoms with Crippen LogP contribution in [0.1, 0.15) is 48.4 Å². The van der Waals surface area contributed by atoms with E-state index in [9.17, 15) is 0 Å². The molecule has 0 aromatic carbocycles. The summed E-state index contributed by atoms with van der Waals surface area (Å²) in [4.78, 5) is 14.9. The van der Waals surface area contributed by atoms with Gasteiger partial charge in [-0.1, -0.05) is 0 Å². The van der Waals surface area contributed by atoms with Crippen LogP contribution in [0.5, 0.6) is 0 Å². The van der Waals surface area contributed by atoms with Crippen molar-refractivity contribution >= 4 is 27.4 Å². The summed E-state index contributed by atoms with van der Waals surface area (Å²) >= 11 is 1.88. The van der Waals surface area contributed by atoms with Crippen molar-refractivity contribution in [3.05, 3.63) is 16.3 Å². The van der Waals surface area contributed by atoms with Gasteiger partial charge in [0.1, 0.15) is 16.5 Å². The molecule has 3 aliphatic rings. The first-order valence-corrected chi connectivity index (χ1v) is 10.9. The Morgan fingerprint density at radius 1 is 1.00 bits per heavy atom. The van der Waals surface area contributed by atoms with Gasteiger partial charge in [-0.15, -0.1) is 11.3 Å². The molecule has 26 heavy (non-hydrogen) atoms. The molecule has 140 valence electrons. The number of thiophene rings is 1. The Bertz CT molecular complexity index is 776. The Hall–Kier alpha value is -1.24. The van der Waals surface area contributed by atoms with E-state index in [-0.39, 0.29) is 0 Å². The van der Waals surface area contributed by atoms with Gasteiger partial charge in [-0.3, -0.25) is 0 Å². The van der Waals surface area contributed by atoms with E-state index in [2.05, 4.69) is 4.90 Å². The van der Waals surface area contributed by atoms with Crippen LogP contribution in [0.3, 0.4) is 0 Å². The lowest BCUT2D eigenvalue weighted by Gasteiger charge is -2.29. The molecule has 0 radical (unpaired) electrons. The Balaban J connectivity index is 1.55. The maximum atomic E-state index is 5.96. The highest BCUT2D eigenvalue weighted by atomic mass is 32.1. The van der Waals surface area contributed by atoms with Crippen molar-refractivity contribution < 1.29 is 9.47 Å². The quantitative estimate of drug-likeness (QED) is 0.801. The highest BCUT2D eigenvalue weighted by Gasteiger charge is 2.29. The molecule has 0 N–H and O–H groups in total. The minimum Gasteiger partial charge on any atom is -0.376 e. The van der Waals surface area contributed by atoms with Crippen molar-refractivity contribution in [1.29, 1.82) is 0 Å². The molecule has 2 saturated heterocycles. The van der Waals surface area contributed by atoms with Gasteiger partial charge in [-0.05, 0) is 57.4 Å². The van der Waals surface area contributed by atoms with E-state index in [1.54, 1.807) is 0 Å². The largest absolute Gasteiger partial charge is 0.376 e. The monoisotopic (exact) mass is 373 g/mol. The van der Waals surface area contributed by atoms with Crippen LogP contribution in [0.4, 0.5) is 5.82 Å². The smallest absolute Gasteiger partial charge is 0.141 e. The fourth-order valence-corrected chi connectivity index (χ4v) is 5.93. The molecule has 0 unspecified atom stereocenters. The number of aromatic nitrogens is 2. The summed E-state index contributed by atoms with van der Waals surface area (Å²) in [6, 6.07) is 0. The second-order valence-electron chi connectivity index (χ2n) is 7.81. The first-order chi connectivity index (χ1) is 12.8. The topological polar surface area (TPSA) is 47.5 Å². The predicted octanol–water partition coefficient (Wildman–Crippen LogP) is 3.65. The minimum absolute atomic E-state index is 0.313. The third-order valence-electron chi connectivity index (χ3n) is 5.85. The van der Waals surface area contributed by atoms with Crippen LogP contribution in [0.25, 0.3) is 10.2 Å². The van der Waals surface area contributed by atoms with Crippen molar-refractivity contribution in [2.24, 2.45) is 0 Å². The molecule has 2 aromatic rings. The van der Waals surface area contributed by atoms with Crippen LogP contribution >= 0.6 is 11.3 Å². The third-order valence-corrected chi connectivity index (χ3v) is 7.04. The Morgan fingerprint density at radius 2 is 1.73 bits per heavy atom. The molecule has 2 aromatic heterocycles. The van der Waals surface area contributed by atoms with E-state index < -0.39 is 0 Å². The normalized spacial score (nSPS) is 25.3. The van der Waals surface area contributed by atoms with Gasteiger partial charge in [0, 0.05) is 31.2 Å². The van der Waals surface area contributed by atoms with E-state index in [1.165, 1.54) is 52.8 Å². The first-order valence-electron chi connectivity index (χ1n) is 10.0. The maximum absolute atomic E-state index is 5.96. The standard InChI is InChI=1S/C20H27N3O2S/c1-13-21-19(18-16-7-2-8-17(16)26-20(18)22-13)23(11-14-5-3-9-24-14)12-15-6-4-10-25-15/h14-15H,2-12H2,1H3/t14-,15-/m0/s1. The molecular weight excluding hydrogens is 346 g/mol. The van der Waals surface area contributed by atoms with Crippen LogP contribution in [-0.4, -0.2) is 48.5 Å². The molecule has 0 saturated carbocycles. The Kier molecular flexibility index (Phi) is 4.59. The molecule has 2 atom stereocenters. The summed E-state index contributed by atoms with van der Waals surface area (Å²) in [6.07, 6.45) is 8.90. The van der Waals surface area contributed by atoms with E-state index in [0.29, 0.717) is 12.2 Å². The van der Waals surface area contributed by atoms with Crippen LogP contribution < -0.4 is 4.90 Å². The highest BCUT2D eigenvalue weighted by molar-refractivity contribution is 7.19. The van der Waals surface area contributed by atoms with Gasteiger partial charge in [-0.2, -0.15) is 0 Å². The zero-order valence-corrected chi connectivity index (χ0v) is 16.3. The first kappa shape index (κ1) is 16.9. The number of fused-ring (bicyclic) bond motifs is 3. The van der Waals surface area contributed by atoms with Crippen LogP contribution in [0.2, 0.25) is 0 Å². The van der Waals surface area contributed by atoms with Gasteiger partial charge >= 0.3 is 0 Å². The fraction of sp³-hybridized carbons (Fsp3) is 0.700. The molecule has 2 aliphatic heterocycles. The van der Waals surface area contributed by atoms with Crippen molar-refractivity contribution in [2.75, 3.05) is 31.2 Å². The zero-order chi connectivity index (χ0) is 17.5. The van der Waals surface area contributed by atoms with E-state index in [4.69, 9.17) is 19.4 Å². The van der Waals surface area contributed by atoms with Crippen molar-refractivity contribution in [1.82, 2.24) is 9.97 Å². The van der Waals surface area contributed by atoms with Crippen molar-refractivity contribution in [3.63, 3.8) is 0 Å². The average Bonchev–Trinajstić information content (AvgIpc) is 3.38. The molecular formula is C20H27N3O2S. The second-order valence-corrected chi connectivity index (χ2v) is 8.89. The minimum atomic E-state index is 0.313. The molecule has 5 rings (SSSR count).